The first-order valence-electron chi connectivity index (χ1n) is 9.24. The van der Waals surface area contributed by atoms with E-state index in [4.69, 9.17) is 18.9 Å². The fraction of sp³-hybridized carbons (Fsp3) is 0.579. The predicted octanol–water partition coefficient (Wildman–Crippen LogP) is 2.18. The molecule has 0 atom stereocenters. The second-order valence-electron chi connectivity index (χ2n) is 6.09. The van der Waals surface area contributed by atoms with Crippen molar-refractivity contribution in [2.75, 3.05) is 61.2 Å². The number of amides is 1. The molecule has 0 unspecified atom stereocenters. The number of carbonyl (C=O) groups excluding carboxylic acids is 1. The fourth-order valence-electron chi connectivity index (χ4n) is 3.05. The van der Waals surface area contributed by atoms with Crippen molar-refractivity contribution in [3.63, 3.8) is 0 Å². The van der Waals surface area contributed by atoms with E-state index in [1.54, 1.807) is 39.3 Å². The summed E-state index contributed by atoms with van der Waals surface area (Å²) in [5.74, 6) is 2.72. The number of carbonyl (C=O) groups is 1. The molecule has 9 nitrogen and oxygen atoms in total. The maximum Gasteiger partial charge on any atom is 0.409 e. The summed E-state index contributed by atoms with van der Waals surface area (Å²) >= 11 is 0. The molecular formula is C19H31IN4O5. The van der Waals surface area contributed by atoms with Crippen LogP contribution in [0.4, 0.5) is 4.79 Å². The second kappa shape index (κ2) is 12.5. The third-order valence-corrected chi connectivity index (χ3v) is 4.54. The molecule has 0 radical (unpaired) electrons. The molecule has 0 bridgehead atoms. The number of methoxy groups -OCH3 is 3. The summed E-state index contributed by atoms with van der Waals surface area (Å²) in [6, 6.07) is 3.69. The average molecular weight is 522 g/mol. The van der Waals surface area contributed by atoms with Gasteiger partial charge in [0.15, 0.2) is 17.5 Å². The molecule has 1 amide bonds. The lowest BCUT2D eigenvalue weighted by molar-refractivity contribution is 0.0914. The van der Waals surface area contributed by atoms with Gasteiger partial charge in [0.1, 0.15) is 5.75 Å². The largest absolute Gasteiger partial charge is 0.496 e. The van der Waals surface area contributed by atoms with Gasteiger partial charge < -0.3 is 34.1 Å². The summed E-state index contributed by atoms with van der Waals surface area (Å²) in [5.41, 5.74) is 0.923. The molecule has 1 aliphatic heterocycles. The Bertz CT molecular complexity index is 693. The van der Waals surface area contributed by atoms with Gasteiger partial charge in [-0.25, -0.2) is 4.79 Å². The number of ether oxygens (including phenoxy) is 4. The standard InChI is InChI=1S/C19H30N4O5.HI/c1-6-28-19(24)23-9-7-22(8-10-23)18(20-2)21-13-14-11-16(26-4)17(27-5)12-15(14)25-3;/h11-12H,6-10,13H2,1-5H3,(H,20,21);1H. The lowest BCUT2D eigenvalue weighted by atomic mass is 10.1. The van der Waals surface area contributed by atoms with Crippen LogP contribution in [0.25, 0.3) is 0 Å². The fourth-order valence-corrected chi connectivity index (χ4v) is 3.05. The number of rotatable bonds is 6. The normalized spacial score (nSPS) is 14.0. The third kappa shape index (κ3) is 6.44. The molecule has 0 aromatic heterocycles. The molecule has 164 valence electrons. The first kappa shape index (κ1) is 24.9. The van der Waals surface area contributed by atoms with Crippen molar-refractivity contribution < 1.29 is 23.7 Å². The van der Waals surface area contributed by atoms with Crippen LogP contribution < -0.4 is 19.5 Å². The number of benzene rings is 1. The number of guanidine groups is 1. The molecule has 0 spiro atoms. The highest BCUT2D eigenvalue weighted by molar-refractivity contribution is 14.0. The van der Waals surface area contributed by atoms with Crippen LogP contribution in [-0.2, 0) is 11.3 Å². The van der Waals surface area contributed by atoms with E-state index < -0.39 is 0 Å². The van der Waals surface area contributed by atoms with Crippen LogP contribution in [-0.4, -0.2) is 83.0 Å². The first-order chi connectivity index (χ1) is 13.6. The van der Waals surface area contributed by atoms with Crippen molar-refractivity contribution in [3.8, 4) is 17.2 Å². The summed E-state index contributed by atoms with van der Waals surface area (Å²) in [4.78, 5) is 20.0. The Morgan fingerprint density at radius 2 is 1.55 bits per heavy atom. The Labute approximate surface area is 189 Å². The summed E-state index contributed by atoms with van der Waals surface area (Å²) in [6.45, 7) is 5.26. The Balaban J connectivity index is 0.00000420. The van der Waals surface area contributed by atoms with Gasteiger partial charge >= 0.3 is 6.09 Å². The molecule has 0 saturated carbocycles. The monoisotopic (exact) mass is 522 g/mol. The van der Waals surface area contributed by atoms with E-state index in [2.05, 4.69) is 15.2 Å². The molecule has 10 heteroatoms. The van der Waals surface area contributed by atoms with Crippen molar-refractivity contribution >= 4 is 36.0 Å². The molecule has 1 aliphatic rings. The number of piperazine rings is 1. The number of nitrogens with zero attached hydrogens (tertiary/aromatic N) is 3. The molecule has 1 heterocycles. The number of hydrogen-bond acceptors (Lipinski definition) is 6. The van der Waals surface area contributed by atoms with Gasteiger partial charge in [-0.1, -0.05) is 0 Å². The summed E-state index contributed by atoms with van der Waals surface area (Å²) in [6.07, 6.45) is -0.264. The van der Waals surface area contributed by atoms with Gasteiger partial charge in [0.2, 0.25) is 0 Å². The van der Waals surface area contributed by atoms with E-state index >= 15 is 0 Å². The highest BCUT2D eigenvalue weighted by atomic mass is 127. The van der Waals surface area contributed by atoms with Gasteiger partial charge in [-0.2, -0.15) is 0 Å². The SMILES string of the molecule is CCOC(=O)N1CCN(C(=NC)NCc2cc(OC)c(OC)cc2OC)CC1.I. The molecule has 1 N–H and O–H groups in total. The van der Waals surface area contributed by atoms with Crippen LogP contribution in [0, 0.1) is 0 Å². The van der Waals surface area contributed by atoms with Gasteiger partial charge in [-0.3, -0.25) is 4.99 Å². The van der Waals surface area contributed by atoms with E-state index in [-0.39, 0.29) is 30.1 Å². The lowest BCUT2D eigenvalue weighted by Crippen LogP contribution is -2.53. The van der Waals surface area contributed by atoms with E-state index in [1.165, 1.54) is 0 Å². The molecular weight excluding hydrogens is 491 g/mol. The zero-order valence-corrected chi connectivity index (χ0v) is 20.0. The number of aliphatic imine (C=N–C) groups is 1. The zero-order valence-electron chi connectivity index (χ0n) is 17.7. The molecule has 1 aromatic rings. The zero-order chi connectivity index (χ0) is 20.5. The molecule has 1 saturated heterocycles. The first-order valence-corrected chi connectivity index (χ1v) is 9.24. The van der Waals surface area contributed by atoms with E-state index in [1.807, 2.05) is 13.0 Å². The van der Waals surface area contributed by atoms with E-state index in [0.717, 1.165) is 11.5 Å². The Hall–Kier alpha value is -2.11. The van der Waals surface area contributed by atoms with Crippen molar-refractivity contribution in [2.45, 2.75) is 13.5 Å². The Morgan fingerprint density at radius 1 is 1.00 bits per heavy atom. The molecule has 0 aliphatic carbocycles. The van der Waals surface area contributed by atoms with Gasteiger partial charge in [-0.15, -0.1) is 24.0 Å². The maximum absolute atomic E-state index is 11.8. The van der Waals surface area contributed by atoms with Crippen molar-refractivity contribution in [1.82, 2.24) is 15.1 Å². The van der Waals surface area contributed by atoms with Crippen LogP contribution in [0.1, 0.15) is 12.5 Å². The quantitative estimate of drug-likeness (QED) is 0.349. The topological polar surface area (TPSA) is 84.9 Å². The van der Waals surface area contributed by atoms with Gasteiger partial charge in [-0.05, 0) is 13.0 Å². The molecule has 1 fully saturated rings. The highest BCUT2D eigenvalue weighted by Crippen LogP contribution is 2.34. The van der Waals surface area contributed by atoms with Gasteiger partial charge in [0.25, 0.3) is 0 Å². The Kier molecular flexibility index (Phi) is 10.7. The number of halogens is 1. The van der Waals surface area contributed by atoms with Crippen molar-refractivity contribution in [2.24, 2.45) is 4.99 Å². The van der Waals surface area contributed by atoms with Crippen LogP contribution in [0.15, 0.2) is 17.1 Å². The van der Waals surface area contributed by atoms with Gasteiger partial charge in [0, 0.05) is 51.4 Å². The minimum atomic E-state index is -0.264. The summed E-state index contributed by atoms with van der Waals surface area (Å²) in [7, 11) is 6.55. The Morgan fingerprint density at radius 3 is 2.07 bits per heavy atom. The summed E-state index contributed by atoms with van der Waals surface area (Å²) in [5, 5.41) is 3.35. The number of hydrogen-bond donors (Lipinski definition) is 1. The predicted molar refractivity (Wildman–Crippen MR) is 122 cm³/mol. The maximum atomic E-state index is 11.8. The second-order valence-corrected chi connectivity index (χ2v) is 6.09. The highest BCUT2D eigenvalue weighted by Gasteiger charge is 2.24. The molecule has 1 aromatic carbocycles. The summed E-state index contributed by atoms with van der Waals surface area (Å²) < 4.78 is 21.2. The number of nitrogens with one attached hydrogen (secondary N) is 1. The minimum Gasteiger partial charge on any atom is -0.496 e. The van der Waals surface area contributed by atoms with E-state index in [9.17, 15) is 4.79 Å². The average Bonchev–Trinajstić information content (AvgIpc) is 2.74. The molecule has 2 rings (SSSR count). The van der Waals surface area contributed by atoms with Crippen LogP contribution >= 0.6 is 24.0 Å². The van der Waals surface area contributed by atoms with Crippen LogP contribution in [0.5, 0.6) is 17.2 Å². The third-order valence-electron chi connectivity index (χ3n) is 4.54. The minimum absolute atomic E-state index is 0. The van der Waals surface area contributed by atoms with Crippen LogP contribution in [0.3, 0.4) is 0 Å². The smallest absolute Gasteiger partial charge is 0.409 e. The van der Waals surface area contributed by atoms with E-state index in [0.29, 0.717) is 56.6 Å². The van der Waals surface area contributed by atoms with Gasteiger partial charge in [0.05, 0.1) is 27.9 Å². The lowest BCUT2D eigenvalue weighted by Gasteiger charge is -2.35. The van der Waals surface area contributed by atoms with Crippen molar-refractivity contribution in [1.29, 1.82) is 0 Å². The van der Waals surface area contributed by atoms with Crippen LogP contribution in [0.2, 0.25) is 0 Å². The van der Waals surface area contributed by atoms with Crippen molar-refractivity contribution in [3.05, 3.63) is 17.7 Å². The molecule has 29 heavy (non-hydrogen) atoms.